The summed E-state index contributed by atoms with van der Waals surface area (Å²) in [5, 5.41) is 4.19. The monoisotopic (exact) mass is 303 g/mol. The number of thiophene rings is 1. The van der Waals surface area contributed by atoms with E-state index in [1.165, 1.54) is 21.6 Å². The Bertz CT molecular complexity index is 621. The summed E-state index contributed by atoms with van der Waals surface area (Å²) >= 11 is 3.38. The molecule has 0 saturated carbocycles. The number of carbonyl (C=O) groups excluding carboxylic acids is 1. The highest BCUT2D eigenvalue weighted by Crippen LogP contribution is 2.38. The summed E-state index contributed by atoms with van der Waals surface area (Å²) in [6, 6.07) is 8.55. The normalized spacial score (nSPS) is 17.0. The van der Waals surface area contributed by atoms with Crippen LogP contribution in [-0.4, -0.2) is 23.1 Å². The minimum absolute atomic E-state index is 0.0374. The SMILES string of the molecule is Cc1ccc2c(c1)S[C@H](C(=O)N(C)Cc1ccsc1)C2. The van der Waals surface area contributed by atoms with Gasteiger partial charge in [0, 0.05) is 18.5 Å². The van der Waals surface area contributed by atoms with Crippen molar-refractivity contribution in [3.8, 4) is 0 Å². The van der Waals surface area contributed by atoms with Crippen molar-refractivity contribution < 1.29 is 4.79 Å². The number of aryl methyl sites for hydroxylation is 1. The third kappa shape index (κ3) is 2.76. The first kappa shape index (κ1) is 13.7. The van der Waals surface area contributed by atoms with Crippen LogP contribution in [0.4, 0.5) is 0 Å². The number of amides is 1. The Labute approximate surface area is 127 Å². The highest BCUT2D eigenvalue weighted by atomic mass is 32.2. The molecular formula is C16H17NOS2. The van der Waals surface area contributed by atoms with Gasteiger partial charge in [0.1, 0.15) is 0 Å². The molecule has 0 saturated heterocycles. The molecule has 2 aromatic rings. The van der Waals surface area contributed by atoms with E-state index in [9.17, 15) is 4.79 Å². The molecule has 4 heteroatoms. The van der Waals surface area contributed by atoms with E-state index in [1.54, 1.807) is 23.1 Å². The molecule has 2 nitrogen and oxygen atoms in total. The summed E-state index contributed by atoms with van der Waals surface area (Å²) in [6.45, 7) is 2.80. The molecule has 1 aromatic carbocycles. The van der Waals surface area contributed by atoms with Crippen molar-refractivity contribution in [2.45, 2.75) is 30.0 Å². The molecule has 0 aliphatic carbocycles. The maximum Gasteiger partial charge on any atom is 0.236 e. The number of hydrogen-bond acceptors (Lipinski definition) is 3. The molecule has 3 rings (SSSR count). The van der Waals surface area contributed by atoms with Gasteiger partial charge in [-0.1, -0.05) is 17.7 Å². The van der Waals surface area contributed by atoms with Crippen LogP contribution < -0.4 is 0 Å². The number of thioether (sulfide) groups is 1. The van der Waals surface area contributed by atoms with Gasteiger partial charge < -0.3 is 4.90 Å². The van der Waals surface area contributed by atoms with E-state index in [0.717, 1.165) is 6.42 Å². The molecule has 0 bridgehead atoms. The molecule has 20 heavy (non-hydrogen) atoms. The summed E-state index contributed by atoms with van der Waals surface area (Å²) in [7, 11) is 1.90. The van der Waals surface area contributed by atoms with Gasteiger partial charge in [-0.15, -0.1) is 11.8 Å². The molecule has 1 atom stereocenters. The Morgan fingerprint density at radius 1 is 1.40 bits per heavy atom. The Morgan fingerprint density at radius 2 is 2.25 bits per heavy atom. The highest BCUT2D eigenvalue weighted by Gasteiger charge is 2.30. The van der Waals surface area contributed by atoms with Crippen LogP contribution in [0.5, 0.6) is 0 Å². The fourth-order valence-electron chi connectivity index (χ4n) is 2.45. The number of benzene rings is 1. The van der Waals surface area contributed by atoms with Crippen molar-refractivity contribution in [2.24, 2.45) is 0 Å². The number of hydrogen-bond donors (Lipinski definition) is 0. The molecular weight excluding hydrogens is 286 g/mol. The van der Waals surface area contributed by atoms with E-state index >= 15 is 0 Å². The van der Waals surface area contributed by atoms with Gasteiger partial charge in [0.05, 0.1) is 5.25 Å². The maximum atomic E-state index is 12.5. The predicted molar refractivity (Wildman–Crippen MR) is 85.3 cm³/mol. The number of rotatable bonds is 3. The second-order valence-electron chi connectivity index (χ2n) is 5.25. The van der Waals surface area contributed by atoms with Crippen molar-refractivity contribution in [1.29, 1.82) is 0 Å². The Balaban J connectivity index is 1.67. The van der Waals surface area contributed by atoms with Crippen molar-refractivity contribution >= 4 is 29.0 Å². The molecule has 0 N–H and O–H groups in total. The lowest BCUT2D eigenvalue weighted by atomic mass is 10.1. The van der Waals surface area contributed by atoms with Crippen LogP contribution in [0.25, 0.3) is 0 Å². The Hall–Kier alpha value is -1.26. The van der Waals surface area contributed by atoms with E-state index < -0.39 is 0 Å². The lowest BCUT2D eigenvalue weighted by Crippen LogP contribution is -2.34. The van der Waals surface area contributed by atoms with Gasteiger partial charge in [-0.3, -0.25) is 4.79 Å². The quantitative estimate of drug-likeness (QED) is 0.861. The molecule has 0 radical (unpaired) electrons. The van der Waals surface area contributed by atoms with Crippen LogP contribution in [0.1, 0.15) is 16.7 Å². The van der Waals surface area contributed by atoms with Crippen molar-refractivity contribution in [3.05, 3.63) is 51.7 Å². The Morgan fingerprint density at radius 3 is 3.00 bits per heavy atom. The molecule has 1 amide bonds. The zero-order valence-corrected chi connectivity index (χ0v) is 13.3. The molecule has 104 valence electrons. The van der Waals surface area contributed by atoms with Gasteiger partial charge >= 0.3 is 0 Å². The van der Waals surface area contributed by atoms with Crippen molar-refractivity contribution in [1.82, 2.24) is 4.90 Å². The summed E-state index contributed by atoms with van der Waals surface area (Å²) in [5.41, 5.74) is 3.78. The fraction of sp³-hybridized carbons (Fsp3) is 0.312. The first-order chi connectivity index (χ1) is 9.63. The van der Waals surface area contributed by atoms with Gasteiger partial charge in [0.2, 0.25) is 5.91 Å². The second-order valence-corrected chi connectivity index (χ2v) is 7.27. The molecule has 2 heterocycles. The van der Waals surface area contributed by atoms with E-state index in [0.29, 0.717) is 6.54 Å². The zero-order valence-electron chi connectivity index (χ0n) is 11.6. The molecule has 1 aliphatic rings. The summed E-state index contributed by atoms with van der Waals surface area (Å²) in [6.07, 6.45) is 0.854. The lowest BCUT2D eigenvalue weighted by molar-refractivity contribution is -0.129. The van der Waals surface area contributed by atoms with Crippen LogP contribution in [-0.2, 0) is 17.8 Å². The van der Waals surface area contributed by atoms with Gasteiger partial charge in [-0.25, -0.2) is 0 Å². The second kappa shape index (κ2) is 5.62. The fourth-order valence-corrected chi connectivity index (χ4v) is 4.52. The minimum Gasteiger partial charge on any atom is -0.340 e. The van der Waals surface area contributed by atoms with E-state index in [1.807, 2.05) is 11.9 Å². The van der Waals surface area contributed by atoms with E-state index in [2.05, 4.69) is 41.9 Å². The number of fused-ring (bicyclic) bond motifs is 1. The van der Waals surface area contributed by atoms with Crippen molar-refractivity contribution in [2.75, 3.05) is 7.05 Å². The molecule has 0 unspecified atom stereocenters. The van der Waals surface area contributed by atoms with Gasteiger partial charge in [0.15, 0.2) is 0 Å². The summed E-state index contributed by atoms with van der Waals surface area (Å²) in [4.78, 5) is 15.6. The van der Waals surface area contributed by atoms with Crippen molar-refractivity contribution in [3.63, 3.8) is 0 Å². The first-order valence-corrected chi connectivity index (χ1v) is 8.48. The van der Waals surface area contributed by atoms with E-state index in [-0.39, 0.29) is 11.2 Å². The largest absolute Gasteiger partial charge is 0.340 e. The highest BCUT2D eigenvalue weighted by molar-refractivity contribution is 8.01. The Kier molecular flexibility index (Phi) is 3.85. The van der Waals surface area contributed by atoms with Crippen LogP contribution in [0.15, 0.2) is 39.9 Å². The first-order valence-electron chi connectivity index (χ1n) is 6.66. The van der Waals surface area contributed by atoms with Gasteiger partial charge in [-0.2, -0.15) is 11.3 Å². The zero-order chi connectivity index (χ0) is 14.1. The minimum atomic E-state index is 0.0374. The molecule has 1 aliphatic heterocycles. The van der Waals surface area contributed by atoms with Crippen LogP contribution in [0.3, 0.4) is 0 Å². The number of nitrogens with zero attached hydrogens (tertiary/aromatic N) is 1. The maximum absolute atomic E-state index is 12.5. The van der Waals surface area contributed by atoms with Gasteiger partial charge in [-0.05, 0) is 47.4 Å². The average molecular weight is 303 g/mol. The predicted octanol–water partition coefficient (Wildman–Crippen LogP) is 3.73. The topological polar surface area (TPSA) is 20.3 Å². The van der Waals surface area contributed by atoms with Gasteiger partial charge in [0.25, 0.3) is 0 Å². The summed E-state index contributed by atoms with van der Waals surface area (Å²) in [5.74, 6) is 0.232. The third-order valence-electron chi connectivity index (χ3n) is 3.55. The van der Waals surface area contributed by atoms with Crippen LogP contribution >= 0.6 is 23.1 Å². The van der Waals surface area contributed by atoms with E-state index in [4.69, 9.17) is 0 Å². The third-order valence-corrected chi connectivity index (χ3v) is 5.57. The standard InChI is InChI=1S/C16H17NOS2/c1-11-3-4-13-8-15(20-14(13)7-11)16(18)17(2)9-12-5-6-19-10-12/h3-7,10,15H,8-9H2,1-2H3/t15-/m0/s1. The molecule has 0 fully saturated rings. The van der Waals surface area contributed by atoms with Crippen LogP contribution in [0.2, 0.25) is 0 Å². The lowest BCUT2D eigenvalue weighted by Gasteiger charge is -2.20. The smallest absolute Gasteiger partial charge is 0.236 e. The number of carbonyl (C=O) groups is 1. The molecule has 0 spiro atoms. The molecule has 1 aromatic heterocycles. The summed E-state index contributed by atoms with van der Waals surface area (Å²) < 4.78 is 0. The average Bonchev–Trinajstić information content (AvgIpc) is 3.06. The van der Waals surface area contributed by atoms with Crippen LogP contribution in [0, 0.1) is 6.92 Å².